The number of hydrogen-bond donors (Lipinski definition) is 1. The Kier molecular flexibility index (Phi) is 11.3. The first-order valence-electron chi connectivity index (χ1n) is 11.4. The summed E-state index contributed by atoms with van der Waals surface area (Å²) in [6.45, 7) is 2.38. The third-order valence-electron chi connectivity index (χ3n) is 5.55. The summed E-state index contributed by atoms with van der Waals surface area (Å²) in [6, 6.07) is 19.3. The van der Waals surface area contributed by atoms with Gasteiger partial charge in [0.2, 0.25) is 11.8 Å². The van der Waals surface area contributed by atoms with Gasteiger partial charge in [-0.2, -0.15) is 0 Å². The van der Waals surface area contributed by atoms with Gasteiger partial charge in [0, 0.05) is 50.9 Å². The zero-order valence-corrected chi connectivity index (χ0v) is 23.5. The molecule has 36 heavy (non-hydrogen) atoms. The van der Waals surface area contributed by atoms with E-state index in [2.05, 4.69) is 5.32 Å². The largest absolute Gasteiger partial charge is 0.355 e. The van der Waals surface area contributed by atoms with Crippen LogP contribution in [0.3, 0.4) is 0 Å². The minimum atomic E-state index is -0.753. The topological polar surface area (TPSA) is 49.4 Å². The predicted molar refractivity (Wildman–Crippen MR) is 152 cm³/mol. The maximum absolute atomic E-state index is 13.6. The van der Waals surface area contributed by atoms with E-state index in [1.54, 1.807) is 41.3 Å². The van der Waals surface area contributed by atoms with Crippen molar-refractivity contribution >= 4 is 70.0 Å². The van der Waals surface area contributed by atoms with Gasteiger partial charge in [-0.1, -0.05) is 88.9 Å². The monoisotopic (exact) mass is 582 g/mol. The van der Waals surface area contributed by atoms with Gasteiger partial charge in [0.15, 0.2) is 0 Å². The number of hydrogen-bond acceptors (Lipinski definition) is 3. The summed E-state index contributed by atoms with van der Waals surface area (Å²) in [5.41, 5.74) is 2.30. The summed E-state index contributed by atoms with van der Waals surface area (Å²) in [6.07, 6.45) is 0.349. The van der Waals surface area contributed by atoms with Crippen LogP contribution in [-0.4, -0.2) is 35.1 Å². The quantitative estimate of drug-likeness (QED) is 0.257. The molecule has 1 atom stereocenters. The van der Waals surface area contributed by atoms with Crippen LogP contribution in [0, 0.1) is 0 Å². The number of carbonyl (C=O) groups is 2. The van der Waals surface area contributed by atoms with E-state index in [0.717, 1.165) is 11.1 Å². The van der Waals surface area contributed by atoms with Crippen molar-refractivity contribution in [3.8, 4) is 0 Å². The molecule has 3 rings (SSSR count). The first-order chi connectivity index (χ1) is 17.3. The van der Waals surface area contributed by atoms with E-state index in [1.165, 1.54) is 11.8 Å². The molecule has 0 aliphatic carbocycles. The molecule has 1 N–H and O–H groups in total. The molecule has 0 aliphatic heterocycles. The van der Waals surface area contributed by atoms with Crippen LogP contribution in [0.15, 0.2) is 66.7 Å². The van der Waals surface area contributed by atoms with E-state index in [1.807, 2.05) is 37.3 Å². The summed E-state index contributed by atoms with van der Waals surface area (Å²) < 4.78 is 0. The number of halogens is 4. The maximum Gasteiger partial charge on any atom is 0.243 e. The lowest BCUT2D eigenvalue weighted by Gasteiger charge is -2.32. The molecule has 0 saturated carbocycles. The van der Waals surface area contributed by atoms with E-state index in [0.29, 0.717) is 44.4 Å². The van der Waals surface area contributed by atoms with Gasteiger partial charge in [-0.3, -0.25) is 9.59 Å². The standard InChI is InChI=1S/C27H26Cl4N2O2S/c1-2-32-27(35)25(14-18-8-4-3-5-9-18)33(15-19-21(28)10-6-11-22(19)29)26(34)17-36-16-20-23(30)12-7-13-24(20)31/h3-13,25H,2,14-17H2,1H3,(H,32,35)/t25-/m0/s1. The second-order valence-corrected chi connectivity index (χ2v) is 10.6. The molecule has 0 spiro atoms. The third kappa shape index (κ3) is 7.80. The van der Waals surface area contributed by atoms with Gasteiger partial charge >= 0.3 is 0 Å². The fraction of sp³-hybridized carbons (Fsp3) is 0.259. The molecule has 0 saturated heterocycles. The Balaban J connectivity index is 1.89. The summed E-state index contributed by atoms with van der Waals surface area (Å²) in [7, 11) is 0. The van der Waals surface area contributed by atoms with Crippen LogP contribution in [0.2, 0.25) is 20.1 Å². The number of thioether (sulfide) groups is 1. The van der Waals surface area contributed by atoms with Gasteiger partial charge in [0.25, 0.3) is 0 Å². The fourth-order valence-electron chi connectivity index (χ4n) is 3.69. The molecule has 0 fully saturated rings. The number of carbonyl (C=O) groups excluding carboxylic acids is 2. The van der Waals surface area contributed by atoms with Crippen LogP contribution in [-0.2, 0) is 28.3 Å². The van der Waals surface area contributed by atoms with Crippen LogP contribution in [0.25, 0.3) is 0 Å². The molecule has 9 heteroatoms. The number of nitrogens with zero attached hydrogens (tertiary/aromatic N) is 1. The van der Waals surface area contributed by atoms with Crippen LogP contribution in [0.4, 0.5) is 0 Å². The van der Waals surface area contributed by atoms with Crippen molar-refractivity contribution in [3.05, 3.63) is 104 Å². The zero-order valence-electron chi connectivity index (χ0n) is 19.6. The normalized spacial score (nSPS) is 11.7. The van der Waals surface area contributed by atoms with E-state index in [-0.39, 0.29) is 24.1 Å². The number of likely N-dealkylation sites (N-methyl/N-ethyl adjacent to an activating group) is 1. The van der Waals surface area contributed by atoms with Gasteiger partial charge in [-0.25, -0.2) is 0 Å². The smallest absolute Gasteiger partial charge is 0.243 e. The summed E-state index contributed by atoms with van der Waals surface area (Å²) in [5.74, 6) is 0.118. The number of nitrogens with one attached hydrogen (secondary N) is 1. The van der Waals surface area contributed by atoms with Crippen molar-refractivity contribution in [1.29, 1.82) is 0 Å². The Labute approximate surface area is 236 Å². The molecule has 4 nitrogen and oxygen atoms in total. The Morgan fingerprint density at radius 1 is 0.833 bits per heavy atom. The van der Waals surface area contributed by atoms with Crippen molar-refractivity contribution < 1.29 is 9.59 Å². The van der Waals surface area contributed by atoms with Gasteiger partial charge < -0.3 is 10.2 Å². The Bertz CT molecular complexity index is 1150. The van der Waals surface area contributed by atoms with Gasteiger partial charge in [-0.05, 0) is 42.3 Å². The Hall–Kier alpha value is -1.89. The maximum atomic E-state index is 13.6. The molecule has 0 bridgehead atoms. The molecule has 3 aromatic rings. The molecule has 2 amide bonds. The minimum Gasteiger partial charge on any atom is -0.355 e. The predicted octanol–water partition coefficient (Wildman–Crippen LogP) is 7.31. The third-order valence-corrected chi connectivity index (χ3v) is 7.91. The van der Waals surface area contributed by atoms with Crippen molar-refractivity contribution in [2.75, 3.05) is 12.3 Å². The number of amides is 2. The second-order valence-electron chi connectivity index (χ2n) is 8.01. The van der Waals surface area contributed by atoms with Crippen molar-refractivity contribution in [1.82, 2.24) is 10.2 Å². The van der Waals surface area contributed by atoms with Crippen molar-refractivity contribution in [2.24, 2.45) is 0 Å². The average Bonchev–Trinajstić information content (AvgIpc) is 2.85. The van der Waals surface area contributed by atoms with Crippen LogP contribution < -0.4 is 5.32 Å². The molecule has 190 valence electrons. The molecule has 0 aromatic heterocycles. The highest BCUT2D eigenvalue weighted by Gasteiger charge is 2.31. The number of benzene rings is 3. The van der Waals surface area contributed by atoms with Crippen LogP contribution in [0.5, 0.6) is 0 Å². The Morgan fingerprint density at radius 3 is 1.94 bits per heavy atom. The molecule has 0 radical (unpaired) electrons. The number of rotatable bonds is 11. The van der Waals surface area contributed by atoms with Crippen molar-refractivity contribution in [3.63, 3.8) is 0 Å². The second kappa shape index (κ2) is 14.2. The summed E-state index contributed by atoms with van der Waals surface area (Å²) >= 11 is 26.9. The van der Waals surface area contributed by atoms with E-state index >= 15 is 0 Å². The highest BCUT2D eigenvalue weighted by Crippen LogP contribution is 2.30. The van der Waals surface area contributed by atoms with Crippen molar-refractivity contribution in [2.45, 2.75) is 31.7 Å². The summed E-state index contributed by atoms with van der Waals surface area (Å²) in [4.78, 5) is 28.4. The average molecular weight is 584 g/mol. The van der Waals surface area contributed by atoms with E-state index in [9.17, 15) is 9.59 Å². The van der Waals surface area contributed by atoms with Crippen LogP contribution in [0.1, 0.15) is 23.6 Å². The van der Waals surface area contributed by atoms with Crippen LogP contribution >= 0.6 is 58.2 Å². The Morgan fingerprint density at radius 2 is 1.39 bits per heavy atom. The lowest BCUT2D eigenvalue weighted by molar-refractivity contribution is -0.139. The van der Waals surface area contributed by atoms with E-state index in [4.69, 9.17) is 46.4 Å². The zero-order chi connectivity index (χ0) is 26.1. The first kappa shape index (κ1) is 28.7. The fourth-order valence-corrected chi connectivity index (χ4v) is 5.86. The van der Waals surface area contributed by atoms with Gasteiger partial charge in [0.05, 0.1) is 5.75 Å². The summed E-state index contributed by atoms with van der Waals surface area (Å²) in [5, 5.41) is 4.84. The van der Waals surface area contributed by atoms with Gasteiger partial charge in [0.1, 0.15) is 6.04 Å². The highest BCUT2D eigenvalue weighted by molar-refractivity contribution is 7.99. The molecular formula is C27H26Cl4N2O2S. The highest BCUT2D eigenvalue weighted by atomic mass is 35.5. The minimum absolute atomic E-state index is 0.0966. The van der Waals surface area contributed by atoms with E-state index < -0.39 is 6.04 Å². The molecule has 0 heterocycles. The lowest BCUT2D eigenvalue weighted by atomic mass is 10.0. The molecule has 0 aliphatic rings. The van der Waals surface area contributed by atoms with Gasteiger partial charge in [-0.15, -0.1) is 11.8 Å². The first-order valence-corrected chi connectivity index (χ1v) is 14.0. The molecule has 3 aromatic carbocycles. The SMILES string of the molecule is CCNC(=O)[C@H](Cc1ccccc1)N(Cc1c(Cl)cccc1Cl)C(=O)CSCc1c(Cl)cccc1Cl. The lowest BCUT2D eigenvalue weighted by Crippen LogP contribution is -2.51. The molecular weight excluding hydrogens is 558 g/mol. The molecule has 0 unspecified atom stereocenters.